The van der Waals surface area contributed by atoms with Crippen LogP contribution in [0.5, 0.6) is 0 Å². The van der Waals surface area contributed by atoms with Gasteiger partial charge in [0.1, 0.15) is 0 Å². The van der Waals surface area contributed by atoms with Crippen LogP contribution in [0.15, 0.2) is 11.6 Å². The molecule has 0 bridgehead atoms. The number of esters is 1. The van der Waals surface area contributed by atoms with Crippen LogP contribution in [-0.2, 0) is 9.53 Å². The Morgan fingerprint density at radius 3 is 2.22 bits per heavy atom. The highest BCUT2D eigenvalue weighted by Gasteiger charge is 2.31. The Hall–Kier alpha value is -0.830. The fraction of sp³-hybridized carbons (Fsp3) is 0.800. The highest BCUT2D eigenvalue weighted by atomic mass is 16.5. The van der Waals surface area contributed by atoms with Crippen molar-refractivity contribution in [1.82, 2.24) is 0 Å². The molecule has 0 radical (unpaired) electrons. The zero-order valence-electron chi connectivity index (χ0n) is 11.7. The number of rotatable bonds is 4. The van der Waals surface area contributed by atoms with Gasteiger partial charge >= 0.3 is 5.97 Å². The molecule has 0 spiro atoms. The first-order valence-corrected chi connectivity index (χ1v) is 7.00. The molecule has 0 aromatic carbocycles. The zero-order chi connectivity index (χ0) is 13.4. The molecule has 3 heteroatoms. The van der Waals surface area contributed by atoms with Gasteiger partial charge in [-0.1, -0.05) is 37.7 Å². The molecule has 0 aliphatic heterocycles. The van der Waals surface area contributed by atoms with Crippen LogP contribution >= 0.6 is 0 Å². The topological polar surface area (TPSA) is 46.5 Å². The van der Waals surface area contributed by atoms with Gasteiger partial charge in [-0.15, -0.1) is 0 Å². The van der Waals surface area contributed by atoms with Crippen LogP contribution in [0.2, 0.25) is 0 Å². The summed E-state index contributed by atoms with van der Waals surface area (Å²) >= 11 is 0. The van der Waals surface area contributed by atoms with E-state index in [0.717, 1.165) is 31.3 Å². The molecule has 0 aromatic rings. The van der Waals surface area contributed by atoms with Crippen molar-refractivity contribution in [2.24, 2.45) is 5.41 Å². The summed E-state index contributed by atoms with van der Waals surface area (Å²) in [6.45, 7) is 4.22. The van der Waals surface area contributed by atoms with E-state index in [0.29, 0.717) is 6.61 Å². The molecule has 1 N–H and O–H groups in total. The fourth-order valence-corrected chi connectivity index (χ4v) is 2.51. The molecule has 18 heavy (non-hydrogen) atoms. The van der Waals surface area contributed by atoms with E-state index in [-0.39, 0.29) is 18.0 Å². The van der Waals surface area contributed by atoms with Crippen LogP contribution in [0.4, 0.5) is 0 Å². The first kappa shape index (κ1) is 15.2. The zero-order valence-corrected chi connectivity index (χ0v) is 11.7. The Labute approximate surface area is 110 Å². The highest BCUT2D eigenvalue weighted by Crippen LogP contribution is 2.34. The molecular formula is C15H26O3. The fourth-order valence-electron chi connectivity index (χ4n) is 2.51. The van der Waals surface area contributed by atoms with E-state index < -0.39 is 0 Å². The number of aliphatic hydroxyl groups excluding tert-OH is 1. The van der Waals surface area contributed by atoms with Gasteiger partial charge in [-0.2, -0.15) is 0 Å². The summed E-state index contributed by atoms with van der Waals surface area (Å²) in [5, 5.41) is 9.65. The Morgan fingerprint density at radius 2 is 1.72 bits per heavy atom. The summed E-state index contributed by atoms with van der Waals surface area (Å²) in [5.74, 6) is -0.287. The minimum Gasteiger partial charge on any atom is -0.462 e. The van der Waals surface area contributed by atoms with Crippen LogP contribution in [0.25, 0.3) is 0 Å². The summed E-state index contributed by atoms with van der Waals surface area (Å²) in [5.41, 5.74) is 0.738. The Kier molecular flexibility index (Phi) is 6.41. The number of carbonyl (C=O) groups is 1. The largest absolute Gasteiger partial charge is 0.462 e. The molecule has 3 nitrogen and oxygen atoms in total. The van der Waals surface area contributed by atoms with E-state index in [1.54, 1.807) is 0 Å². The molecule has 0 aromatic heterocycles. The van der Waals surface area contributed by atoms with Gasteiger partial charge in [0, 0.05) is 11.5 Å². The first-order chi connectivity index (χ1) is 8.58. The predicted octanol–water partition coefficient (Wildman–Crippen LogP) is 3.22. The molecule has 0 amide bonds. The standard InChI is InChI=1S/C15H26O3/c1-13(2)10-14(17)18-12-15(11-16)8-6-4-3-5-7-9-15/h10,16H,3-9,11-12H2,1-2H3. The van der Waals surface area contributed by atoms with Crippen molar-refractivity contribution in [2.45, 2.75) is 58.8 Å². The second kappa shape index (κ2) is 7.57. The van der Waals surface area contributed by atoms with Crippen molar-refractivity contribution in [3.8, 4) is 0 Å². The number of hydrogen-bond donors (Lipinski definition) is 1. The van der Waals surface area contributed by atoms with Crippen LogP contribution in [-0.4, -0.2) is 24.3 Å². The van der Waals surface area contributed by atoms with Gasteiger partial charge in [0.05, 0.1) is 13.2 Å². The summed E-state index contributed by atoms with van der Waals surface area (Å²) in [6.07, 6.45) is 9.43. The van der Waals surface area contributed by atoms with Crippen LogP contribution < -0.4 is 0 Å². The smallest absolute Gasteiger partial charge is 0.330 e. The lowest BCUT2D eigenvalue weighted by Crippen LogP contribution is -2.33. The summed E-state index contributed by atoms with van der Waals surface area (Å²) in [7, 11) is 0. The van der Waals surface area contributed by atoms with Crippen molar-refractivity contribution in [1.29, 1.82) is 0 Å². The molecule has 1 rings (SSSR count). The molecule has 0 saturated heterocycles. The number of aliphatic hydroxyl groups is 1. The molecular weight excluding hydrogens is 228 g/mol. The quantitative estimate of drug-likeness (QED) is 0.619. The van der Waals surface area contributed by atoms with Crippen molar-refractivity contribution >= 4 is 5.97 Å². The van der Waals surface area contributed by atoms with E-state index in [4.69, 9.17) is 4.74 Å². The second-order valence-corrected chi connectivity index (χ2v) is 5.76. The SMILES string of the molecule is CC(C)=CC(=O)OCC1(CO)CCCCCCC1. The maximum Gasteiger partial charge on any atom is 0.330 e. The van der Waals surface area contributed by atoms with Gasteiger partial charge in [-0.05, 0) is 26.7 Å². The van der Waals surface area contributed by atoms with Crippen molar-refractivity contribution < 1.29 is 14.6 Å². The Morgan fingerprint density at radius 1 is 1.17 bits per heavy atom. The monoisotopic (exact) mass is 254 g/mol. The van der Waals surface area contributed by atoms with Crippen molar-refractivity contribution in [2.75, 3.05) is 13.2 Å². The lowest BCUT2D eigenvalue weighted by atomic mass is 9.77. The highest BCUT2D eigenvalue weighted by molar-refractivity contribution is 5.82. The minimum atomic E-state index is -0.287. The average molecular weight is 254 g/mol. The second-order valence-electron chi connectivity index (χ2n) is 5.76. The van der Waals surface area contributed by atoms with Gasteiger partial charge in [-0.3, -0.25) is 0 Å². The summed E-state index contributed by atoms with van der Waals surface area (Å²) < 4.78 is 5.31. The van der Waals surface area contributed by atoms with Crippen LogP contribution in [0, 0.1) is 5.41 Å². The normalized spacial score (nSPS) is 19.5. The molecule has 0 unspecified atom stereocenters. The Balaban J connectivity index is 2.52. The molecule has 1 aliphatic rings. The molecule has 0 heterocycles. The van der Waals surface area contributed by atoms with Gasteiger partial charge in [0.2, 0.25) is 0 Å². The lowest BCUT2D eigenvalue weighted by Gasteiger charge is -2.32. The minimum absolute atomic E-state index is 0.120. The van der Waals surface area contributed by atoms with Gasteiger partial charge in [0.25, 0.3) is 0 Å². The van der Waals surface area contributed by atoms with Gasteiger partial charge < -0.3 is 9.84 Å². The van der Waals surface area contributed by atoms with Gasteiger partial charge in [-0.25, -0.2) is 4.79 Å². The maximum absolute atomic E-state index is 11.5. The van der Waals surface area contributed by atoms with Crippen LogP contribution in [0.3, 0.4) is 0 Å². The van der Waals surface area contributed by atoms with Crippen molar-refractivity contribution in [3.05, 3.63) is 11.6 Å². The predicted molar refractivity (Wildman–Crippen MR) is 72.2 cm³/mol. The molecule has 104 valence electrons. The van der Waals surface area contributed by atoms with Crippen molar-refractivity contribution in [3.63, 3.8) is 0 Å². The molecule has 1 saturated carbocycles. The summed E-state index contributed by atoms with van der Waals surface area (Å²) in [4.78, 5) is 11.5. The van der Waals surface area contributed by atoms with E-state index in [1.165, 1.54) is 25.3 Å². The van der Waals surface area contributed by atoms with Gasteiger partial charge in [0.15, 0.2) is 0 Å². The number of allylic oxidation sites excluding steroid dienone is 1. The molecule has 1 aliphatic carbocycles. The van der Waals surface area contributed by atoms with E-state index in [9.17, 15) is 9.90 Å². The molecule has 1 fully saturated rings. The Bertz CT molecular complexity index is 282. The van der Waals surface area contributed by atoms with E-state index in [2.05, 4.69) is 0 Å². The van der Waals surface area contributed by atoms with E-state index in [1.807, 2.05) is 13.8 Å². The number of ether oxygens (including phenoxy) is 1. The third-order valence-corrected chi connectivity index (χ3v) is 3.68. The lowest BCUT2D eigenvalue weighted by molar-refractivity contribution is -0.143. The summed E-state index contributed by atoms with van der Waals surface area (Å²) in [6, 6.07) is 0. The molecule has 0 atom stereocenters. The average Bonchev–Trinajstić information content (AvgIpc) is 2.28. The maximum atomic E-state index is 11.5. The third kappa shape index (κ3) is 5.21. The van der Waals surface area contributed by atoms with E-state index >= 15 is 0 Å². The number of hydrogen-bond acceptors (Lipinski definition) is 3. The third-order valence-electron chi connectivity index (χ3n) is 3.68. The number of carbonyl (C=O) groups excluding carboxylic acids is 1. The first-order valence-electron chi connectivity index (χ1n) is 7.00. The van der Waals surface area contributed by atoms with Crippen LogP contribution in [0.1, 0.15) is 58.8 Å².